The van der Waals surface area contributed by atoms with Crippen LogP contribution in [0.15, 0.2) is 34.8 Å². The first-order valence-corrected chi connectivity index (χ1v) is 9.23. The molecule has 3 aromatic rings. The molecule has 27 heavy (non-hydrogen) atoms. The molecule has 0 fully saturated rings. The third-order valence-corrected chi connectivity index (χ3v) is 4.78. The van der Waals surface area contributed by atoms with Gasteiger partial charge in [-0.05, 0) is 56.2 Å². The van der Waals surface area contributed by atoms with Gasteiger partial charge in [-0.1, -0.05) is 34.4 Å². The smallest absolute Gasteiger partial charge is 0.260 e. The Balaban J connectivity index is 1.74. The Bertz CT molecular complexity index is 953. The van der Waals surface area contributed by atoms with E-state index in [1.165, 1.54) is 4.79 Å². The highest BCUT2D eigenvalue weighted by Gasteiger charge is 2.13. The SMILES string of the molecule is COc1cc(CNn2nnnc2N)cc(Br)c1OCc1ccc(Cl)cc1Cl. The molecule has 0 amide bonds. The highest BCUT2D eigenvalue weighted by Crippen LogP contribution is 2.37. The summed E-state index contributed by atoms with van der Waals surface area (Å²) in [5.41, 5.74) is 10.3. The van der Waals surface area contributed by atoms with Crippen LogP contribution < -0.4 is 20.6 Å². The van der Waals surface area contributed by atoms with Crippen LogP contribution in [0.3, 0.4) is 0 Å². The second-order valence-electron chi connectivity index (χ2n) is 5.42. The van der Waals surface area contributed by atoms with E-state index in [1.807, 2.05) is 18.2 Å². The minimum atomic E-state index is 0.167. The average molecular weight is 474 g/mol. The number of tetrazole rings is 1. The zero-order valence-corrected chi connectivity index (χ0v) is 17.2. The lowest BCUT2D eigenvalue weighted by molar-refractivity contribution is 0.282. The molecule has 3 rings (SSSR count). The first kappa shape index (κ1) is 19.5. The molecule has 0 aliphatic heterocycles. The molecule has 0 saturated carbocycles. The summed E-state index contributed by atoms with van der Waals surface area (Å²) in [6.07, 6.45) is 0. The lowest BCUT2D eigenvalue weighted by Crippen LogP contribution is -2.18. The molecule has 3 N–H and O–H groups in total. The molecule has 8 nitrogen and oxygen atoms in total. The molecule has 2 aromatic carbocycles. The van der Waals surface area contributed by atoms with E-state index < -0.39 is 0 Å². The number of nitrogen functional groups attached to an aromatic ring is 1. The Morgan fingerprint density at radius 3 is 2.74 bits per heavy atom. The monoisotopic (exact) mass is 472 g/mol. The van der Waals surface area contributed by atoms with Crippen molar-refractivity contribution < 1.29 is 9.47 Å². The first-order valence-electron chi connectivity index (χ1n) is 7.69. The number of hydrogen-bond acceptors (Lipinski definition) is 7. The number of ether oxygens (including phenoxy) is 2. The van der Waals surface area contributed by atoms with Crippen LogP contribution >= 0.6 is 39.1 Å². The third kappa shape index (κ3) is 4.74. The number of halogens is 3. The number of nitrogens with two attached hydrogens (primary N) is 1. The second-order valence-corrected chi connectivity index (χ2v) is 7.12. The summed E-state index contributed by atoms with van der Waals surface area (Å²) in [4.78, 5) is 1.29. The van der Waals surface area contributed by atoms with Crippen LogP contribution in [0.25, 0.3) is 0 Å². The van der Waals surface area contributed by atoms with Gasteiger partial charge in [0.1, 0.15) is 6.61 Å². The lowest BCUT2D eigenvalue weighted by atomic mass is 10.2. The van der Waals surface area contributed by atoms with E-state index in [2.05, 4.69) is 36.9 Å². The lowest BCUT2D eigenvalue weighted by Gasteiger charge is -2.15. The second kappa shape index (κ2) is 8.64. The van der Waals surface area contributed by atoms with Crippen molar-refractivity contribution in [2.75, 3.05) is 18.3 Å². The van der Waals surface area contributed by atoms with E-state index in [1.54, 1.807) is 19.2 Å². The van der Waals surface area contributed by atoms with Gasteiger partial charge in [-0.25, -0.2) is 0 Å². The third-order valence-electron chi connectivity index (χ3n) is 3.60. The fourth-order valence-corrected chi connectivity index (χ4v) is 3.34. The number of methoxy groups -OCH3 is 1. The summed E-state index contributed by atoms with van der Waals surface area (Å²) in [5, 5.41) is 11.9. The van der Waals surface area contributed by atoms with Gasteiger partial charge in [0.25, 0.3) is 5.95 Å². The molecule has 0 aliphatic carbocycles. The van der Waals surface area contributed by atoms with Crippen LogP contribution in [0.4, 0.5) is 5.95 Å². The van der Waals surface area contributed by atoms with Gasteiger partial charge < -0.3 is 20.6 Å². The number of rotatable bonds is 7. The van der Waals surface area contributed by atoms with E-state index in [0.29, 0.717) is 28.1 Å². The molecule has 0 unspecified atom stereocenters. The van der Waals surface area contributed by atoms with Crippen LogP contribution in [0.1, 0.15) is 11.1 Å². The van der Waals surface area contributed by atoms with Crippen molar-refractivity contribution in [3.8, 4) is 11.5 Å². The molecule has 0 radical (unpaired) electrons. The predicted octanol–water partition coefficient (Wildman–Crippen LogP) is 3.66. The minimum Gasteiger partial charge on any atom is -0.493 e. The normalized spacial score (nSPS) is 10.7. The van der Waals surface area contributed by atoms with E-state index >= 15 is 0 Å². The van der Waals surface area contributed by atoms with Gasteiger partial charge in [0.2, 0.25) is 0 Å². The zero-order valence-electron chi connectivity index (χ0n) is 14.1. The molecular weight excluding hydrogens is 459 g/mol. The molecule has 0 bridgehead atoms. The minimum absolute atomic E-state index is 0.167. The first-order chi connectivity index (χ1) is 13.0. The van der Waals surface area contributed by atoms with Gasteiger partial charge >= 0.3 is 0 Å². The van der Waals surface area contributed by atoms with Crippen molar-refractivity contribution in [3.63, 3.8) is 0 Å². The number of anilines is 1. The van der Waals surface area contributed by atoms with Crippen LogP contribution in [0, 0.1) is 0 Å². The van der Waals surface area contributed by atoms with Crippen LogP contribution in [-0.2, 0) is 13.2 Å². The summed E-state index contributed by atoms with van der Waals surface area (Å²) in [6, 6.07) is 9.00. The number of nitrogens with zero attached hydrogens (tertiary/aromatic N) is 4. The molecule has 0 atom stereocenters. The molecule has 0 saturated heterocycles. The van der Waals surface area contributed by atoms with Gasteiger partial charge in [0, 0.05) is 15.6 Å². The van der Waals surface area contributed by atoms with E-state index in [-0.39, 0.29) is 12.6 Å². The van der Waals surface area contributed by atoms with Gasteiger partial charge in [0.05, 0.1) is 18.1 Å². The Morgan fingerprint density at radius 1 is 1.26 bits per heavy atom. The van der Waals surface area contributed by atoms with Crippen LogP contribution in [0.5, 0.6) is 11.5 Å². The molecule has 1 aromatic heterocycles. The van der Waals surface area contributed by atoms with E-state index in [9.17, 15) is 0 Å². The van der Waals surface area contributed by atoms with Gasteiger partial charge in [-0.2, -0.15) is 0 Å². The summed E-state index contributed by atoms with van der Waals surface area (Å²) in [6.45, 7) is 0.692. The maximum absolute atomic E-state index is 6.19. The molecule has 0 aliphatic rings. The van der Waals surface area contributed by atoms with Crippen molar-refractivity contribution in [2.45, 2.75) is 13.2 Å². The van der Waals surface area contributed by atoms with Crippen molar-refractivity contribution in [1.82, 2.24) is 20.3 Å². The van der Waals surface area contributed by atoms with Crippen LogP contribution in [-0.4, -0.2) is 27.4 Å². The Labute approximate surface area is 173 Å². The van der Waals surface area contributed by atoms with Gasteiger partial charge in [0.15, 0.2) is 11.5 Å². The Kier molecular flexibility index (Phi) is 6.25. The van der Waals surface area contributed by atoms with E-state index in [0.717, 1.165) is 15.6 Å². The highest BCUT2D eigenvalue weighted by molar-refractivity contribution is 9.10. The van der Waals surface area contributed by atoms with Crippen molar-refractivity contribution in [1.29, 1.82) is 0 Å². The summed E-state index contributed by atoms with van der Waals surface area (Å²) >= 11 is 15.6. The number of aromatic nitrogens is 4. The maximum atomic E-state index is 6.19. The molecule has 11 heteroatoms. The number of nitrogens with one attached hydrogen (secondary N) is 1. The zero-order chi connectivity index (χ0) is 19.4. The molecular formula is C16H15BrCl2N6O2. The van der Waals surface area contributed by atoms with Crippen molar-refractivity contribution in [3.05, 3.63) is 56.0 Å². The van der Waals surface area contributed by atoms with E-state index in [4.69, 9.17) is 38.4 Å². The van der Waals surface area contributed by atoms with Crippen molar-refractivity contribution in [2.24, 2.45) is 0 Å². The van der Waals surface area contributed by atoms with Crippen molar-refractivity contribution >= 4 is 45.1 Å². The largest absolute Gasteiger partial charge is 0.493 e. The summed E-state index contributed by atoms with van der Waals surface area (Å²) in [5.74, 6) is 1.30. The highest BCUT2D eigenvalue weighted by atomic mass is 79.9. The topological polar surface area (TPSA) is 100 Å². The maximum Gasteiger partial charge on any atom is 0.260 e. The average Bonchev–Trinajstić information content (AvgIpc) is 3.05. The molecule has 1 heterocycles. The molecule has 142 valence electrons. The Hall–Kier alpha value is -2.23. The number of hydrogen-bond donors (Lipinski definition) is 2. The Morgan fingerprint density at radius 2 is 2.07 bits per heavy atom. The van der Waals surface area contributed by atoms with Gasteiger partial charge in [-0.15, -0.1) is 4.79 Å². The number of benzene rings is 2. The van der Waals surface area contributed by atoms with Gasteiger partial charge in [-0.3, -0.25) is 0 Å². The standard InChI is InChI=1S/C16H15BrCl2N6O2/c1-26-14-5-9(7-21-25-16(20)22-23-24-25)4-12(17)15(14)27-8-10-2-3-11(18)6-13(10)19/h2-6,21H,7-8H2,1H3,(H2,20,22,24). The summed E-state index contributed by atoms with van der Waals surface area (Å²) < 4.78 is 12.1. The molecule has 0 spiro atoms. The quantitative estimate of drug-likeness (QED) is 0.540. The van der Waals surface area contributed by atoms with Crippen LogP contribution in [0.2, 0.25) is 10.0 Å². The fourth-order valence-electron chi connectivity index (χ4n) is 2.28. The fraction of sp³-hybridized carbons (Fsp3) is 0.188. The summed E-state index contributed by atoms with van der Waals surface area (Å²) in [7, 11) is 1.57. The predicted molar refractivity (Wildman–Crippen MR) is 107 cm³/mol.